The molecule has 1 N–H and O–H groups in total. The maximum atomic E-state index is 10.4. The largest absolute Gasteiger partial charge is 0.504 e. The number of hydrogen-bond acceptors (Lipinski definition) is 5. The van der Waals surface area contributed by atoms with Crippen LogP contribution in [0.4, 0.5) is 0 Å². The SMILES string of the molecule is CCOc1cccc(CN2CCC[C@H]2c2cc(C(C)C)on2)c1O. The molecule has 0 amide bonds. The second kappa shape index (κ2) is 7.26. The van der Waals surface area contributed by atoms with E-state index in [1.54, 1.807) is 6.07 Å². The van der Waals surface area contributed by atoms with Gasteiger partial charge in [-0.15, -0.1) is 0 Å². The molecule has 2 aromatic rings. The zero-order valence-corrected chi connectivity index (χ0v) is 14.7. The van der Waals surface area contributed by atoms with Crippen molar-refractivity contribution in [1.29, 1.82) is 0 Å². The fourth-order valence-corrected chi connectivity index (χ4v) is 3.27. The summed E-state index contributed by atoms with van der Waals surface area (Å²) in [5.41, 5.74) is 1.89. The van der Waals surface area contributed by atoms with E-state index in [0.29, 0.717) is 24.8 Å². The third kappa shape index (κ3) is 3.41. The van der Waals surface area contributed by atoms with Crippen molar-refractivity contribution in [2.45, 2.75) is 52.1 Å². The first-order chi connectivity index (χ1) is 11.6. The van der Waals surface area contributed by atoms with E-state index in [1.807, 2.05) is 19.1 Å². The van der Waals surface area contributed by atoms with Crippen LogP contribution < -0.4 is 4.74 Å². The number of rotatable bonds is 6. The number of benzene rings is 1. The fourth-order valence-electron chi connectivity index (χ4n) is 3.27. The summed E-state index contributed by atoms with van der Waals surface area (Å²) >= 11 is 0. The lowest BCUT2D eigenvalue weighted by Crippen LogP contribution is -2.23. The Kier molecular flexibility index (Phi) is 5.09. The van der Waals surface area contributed by atoms with Crippen molar-refractivity contribution in [3.05, 3.63) is 41.3 Å². The number of phenolic OH excluding ortho intramolecular Hbond substituents is 1. The van der Waals surface area contributed by atoms with Crippen LogP contribution in [0.2, 0.25) is 0 Å². The molecule has 1 aromatic heterocycles. The number of ether oxygens (including phenoxy) is 1. The van der Waals surface area contributed by atoms with Gasteiger partial charge in [0, 0.05) is 24.1 Å². The number of likely N-dealkylation sites (tertiary alicyclic amines) is 1. The average molecular weight is 330 g/mol. The van der Waals surface area contributed by atoms with Gasteiger partial charge in [-0.3, -0.25) is 4.90 Å². The summed E-state index contributed by atoms with van der Waals surface area (Å²) < 4.78 is 11.0. The molecule has 1 aliphatic rings. The van der Waals surface area contributed by atoms with Crippen LogP contribution in [0, 0.1) is 0 Å². The molecular formula is C19H26N2O3. The normalized spacial score (nSPS) is 18.4. The molecule has 0 saturated carbocycles. The lowest BCUT2D eigenvalue weighted by atomic mass is 10.1. The van der Waals surface area contributed by atoms with Gasteiger partial charge in [0.1, 0.15) is 11.5 Å². The Morgan fingerprint density at radius 2 is 2.25 bits per heavy atom. The minimum Gasteiger partial charge on any atom is -0.504 e. The maximum absolute atomic E-state index is 10.4. The van der Waals surface area contributed by atoms with E-state index in [0.717, 1.165) is 36.4 Å². The lowest BCUT2D eigenvalue weighted by Gasteiger charge is -2.23. The minimum absolute atomic E-state index is 0.244. The Labute approximate surface area is 143 Å². The number of phenols is 1. The van der Waals surface area contributed by atoms with Gasteiger partial charge >= 0.3 is 0 Å². The monoisotopic (exact) mass is 330 g/mol. The summed E-state index contributed by atoms with van der Waals surface area (Å²) in [6.07, 6.45) is 2.19. The summed E-state index contributed by atoms with van der Waals surface area (Å²) in [7, 11) is 0. The molecule has 1 fully saturated rings. The first-order valence-corrected chi connectivity index (χ1v) is 8.74. The van der Waals surface area contributed by atoms with E-state index in [-0.39, 0.29) is 11.8 Å². The Bertz CT molecular complexity index is 681. The second-order valence-corrected chi connectivity index (χ2v) is 6.63. The number of aromatic hydroxyl groups is 1. The molecule has 0 spiro atoms. The molecule has 1 saturated heterocycles. The second-order valence-electron chi connectivity index (χ2n) is 6.63. The fraction of sp³-hybridized carbons (Fsp3) is 0.526. The Balaban J connectivity index is 1.77. The van der Waals surface area contributed by atoms with E-state index >= 15 is 0 Å². The summed E-state index contributed by atoms with van der Waals surface area (Å²) in [5, 5.41) is 14.7. The van der Waals surface area contributed by atoms with Crippen molar-refractivity contribution in [3.63, 3.8) is 0 Å². The van der Waals surface area contributed by atoms with Crippen molar-refractivity contribution >= 4 is 0 Å². The third-order valence-corrected chi connectivity index (χ3v) is 4.58. The number of aromatic nitrogens is 1. The molecule has 0 radical (unpaired) electrons. The van der Waals surface area contributed by atoms with Crippen molar-refractivity contribution in [1.82, 2.24) is 10.1 Å². The summed E-state index contributed by atoms with van der Waals surface area (Å²) in [5.74, 6) is 2.06. The van der Waals surface area contributed by atoms with E-state index in [4.69, 9.17) is 9.26 Å². The molecule has 5 nitrogen and oxygen atoms in total. The molecular weight excluding hydrogens is 304 g/mol. The van der Waals surface area contributed by atoms with Gasteiger partial charge in [-0.2, -0.15) is 0 Å². The molecule has 0 bridgehead atoms. The quantitative estimate of drug-likeness (QED) is 0.858. The summed E-state index contributed by atoms with van der Waals surface area (Å²) in [6, 6.07) is 8.00. The molecule has 0 unspecified atom stereocenters. The standard InChI is InChI=1S/C19H26N2O3/c1-4-23-17-9-5-7-14(19(17)22)12-21-10-6-8-16(21)15-11-18(13(2)3)24-20-15/h5,7,9,11,13,16,22H,4,6,8,10,12H2,1-3H3/t16-/m0/s1. The third-order valence-electron chi connectivity index (χ3n) is 4.58. The first kappa shape index (κ1) is 16.8. The van der Waals surface area contributed by atoms with E-state index in [9.17, 15) is 5.11 Å². The Morgan fingerprint density at radius 1 is 1.42 bits per heavy atom. The van der Waals surface area contributed by atoms with Crippen molar-refractivity contribution in [3.8, 4) is 11.5 Å². The van der Waals surface area contributed by atoms with Crippen LogP contribution in [0.3, 0.4) is 0 Å². The predicted octanol–water partition coefficient (Wildman–Crippen LogP) is 4.24. The van der Waals surface area contributed by atoms with Crippen LogP contribution in [0.15, 0.2) is 28.8 Å². The van der Waals surface area contributed by atoms with Gasteiger partial charge in [0.2, 0.25) is 0 Å². The van der Waals surface area contributed by atoms with Crippen LogP contribution in [-0.4, -0.2) is 28.3 Å². The van der Waals surface area contributed by atoms with Crippen molar-refractivity contribution in [2.75, 3.05) is 13.2 Å². The Morgan fingerprint density at radius 3 is 2.96 bits per heavy atom. The van der Waals surface area contributed by atoms with E-state index < -0.39 is 0 Å². The zero-order valence-electron chi connectivity index (χ0n) is 14.7. The lowest BCUT2D eigenvalue weighted by molar-refractivity contribution is 0.231. The van der Waals surface area contributed by atoms with Gasteiger partial charge in [-0.1, -0.05) is 31.1 Å². The highest BCUT2D eigenvalue weighted by molar-refractivity contribution is 5.45. The van der Waals surface area contributed by atoms with Gasteiger partial charge < -0.3 is 14.4 Å². The molecule has 24 heavy (non-hydrogen) atoms. The topological polar surface area (TPSA) is 58.7 Å². The average Bonchev–Trinajstić information content (AvgIpc) is 3.20. The number of hydrogen-bond donors (Lipinski definition) is 1. The van der Waals surface area contributed by atoms with Gasteiger partial charge in [-0.25, -0.2) is 0 Å². The van der Waals surface area contributed by atoms with E-state index in [1.165, 1.54) is 0 Å². The van der Waals surface area contributed by atoms with Crippen molar-refractivity contribution in [2.24, 2.45) is 0 Å². The molecule has 130 valence electrons. The highest BCUT2D eigenvalue weighted by Gasteiger charge is 2.29. The number of nitrogens with zero attached hydrogens (tertiary/aromatic N) is 2. The minimum atomic E-state index is 0.244. The van der Waals surface area contributed by atoms with Gasteiger partial charge in [0.05, 0.1) is 12.6 Å². The first-order valence-electron chi connectivity index (χ1n) is 8.74. The zero-order chi connectivity index (χ0) is 17.1. The van der Waals surface area contributed by atoms with Crippen LogP contribution in [0.1, 0.15) is 62.6 Å². The van der Waals surface area contributed by atoms with Crippen molar-refractivity contribution < 1.29 is 14.4 Å². The number of para-hydroxylation sites is 1. The predicted molar refractivity (Wildman–Crippen MR) is 92.3 cm³/mol. The van der Waals surface area contributed by atoms with Crippen LogP contribution >= 0.6 is 0 Å². The molecule has 2 heterocycles. The maximum Gasteiger partial charge on any atom is 0.162 e. The molecule has 1 aromatic carbocycles. The van der Waals surface area contributed by atoms with E-state index in [2.05, 4.69) is 30.0 Å². The molecule has 5 heteroatoms. The Hall–Kier alpha value is -2.01. The molecule has 1 atom stereocenters. The van der Waals surface area contributed by atoms with Gasteiger partial charge in [0.15, 0.2) is 11.5 Å². The van der Waals surface area contributed by atoms with Crippen LogP contribution in [0.5, 0.6) is 11.5 Å². The summed E-state index contributed by atoms with van der Waals surface area (Å²) in [6.45, 7) is 8.34. The molecule has 3 rings (SSSR count). The van der Waals surface area contributed by atoms with Gasteiger partial charge in [-0.05, 0) is 32.4 Å². The smallest absolute Gasteiger partial charge is 0.162 e. The molecule has 1 aliphatic heterocycles. The highest BCUT2D eigenvalue weighted by Crippen LogP contribution is 2.37. The summed E-state index contributed by atoms with van der Waals surface area (Å²) in [4.78, 5) is 2.35. The van der Waals surface area contributed by atoms with Crippen LogP contribution in [0.25, 0.3) is 0 Å². The van der Waals surface area contributed by atoms with Crippen LogP contribution in [-0.2, 0) is 6.54 Å². The van der Waals surface area contributed by atoms with Gasteiger partial charge in [0.25, 0.3) is 0 Å². The molecule has 0 aliphatic carbocycles. The highest BCUT2D eigenvalue weighted by atomic mass is 16.5.